The molecule has 2 atom stereocenters. The largest absolute Gasteiger partial charge is 0.377 e. The van der Waals surface area contributed by atoms with Gasteiger partial charge >= 0.3 is 0 Å². The monoisotopic (exact) mass is 231 g/mol. The first-order chi connectivity index (χ1) is 8.43. The molecule has 0 aromatic heterocycles. The van der Waals surface area contributed by atoms with Crippen molar-refractivity contribution in [2.75, 3.05) is 13.2 Å². The summed E-state index contributed by atoms with van der Waals surface area (Å²) in [6.45, 7) is 1.96. The van der Waals surface area contributed by atoms with Crippen LogP contribution in [0.5, 0.6) is 0 Å². The van der Waals surface area contributed by atoms with Crippen LogP contribution in [0.25, 0.3) is 0 Å². The SMILES string of the molecule is c1ccc(C(NCC2CCCO2)C2CC2)cc1. The summed E-state index contributed by atoms with van der Waals surface area (Å²) in [5.41, 5.74) is 1.44. The molecule has 0 bridgehead atoms. The molecule has 92 valence electrons. The van der Waals surface area contributed by atoms with Crippen LogP contribution >= 0.6 is 0 Å². The van der Waals surface area contributed by atoms with E-state index in [0.717, 1.165) is 19.1 Å². The summed E-state index contributed by atoms with van der Waals surface area (Å²) in [5, 5.41) is 3.71. The standard InChI is InChI=1S/C15H21NO/c1-2-5-12(6-3-1)15(13-8-9-13)16-11-14-7-4-10-17-14/h1-3,5-6,13-16H,4,7-11H2. The minimum atomic E-state index is 0.444. The van der Waals surface area contributed by atoms with Crippen LogP contribution in [0.3, 0.4) is 0 Å². The molecule has 1 N–H and O–H groups in total. The van der Waals surface area contributed by atoms with Gasteiger partial charge in [-0.25, -0.2) is 0 Å². The highest BCUT2D eigenvalue weighted by atomic mass is 16.5. The Kier molecular flexibility index (Phi) is 3.44. The average molecular weight is 231 g/mol. The third-order valence-corrected chi connectivity index (χ3v) is 3.84. The Morgan fingerprint density at radius 2 is 2.00 bits per heavy atom. The third-order valence-electron chi connectivity index (χ3n) is 3.84. The fraction of sp³-hybridized carbons (Fsp3) is 0.600. The molecule has 2 unspecified atom stereocenters. The Morgan fingerprint density at radius 1 is 1.18 bits per heavy atom. The number of hydrogen-bond acceptors (Lipinski definition) is 2. The van der Waals surface area contributed by atoms with Gasteiger partial charge < -0.3 is 10.1 Å². The summed E-state index contributed by atoms with van der Waals surface area (Å²) in [4.78, 5) is 0. The molecule has 0 radical (unpaired) electrons. The summed E-state index contributed by atoms with van der Waals surface area (Å²) in [6, 6.07) is 11.4. The second-order valence-corrected chi connectivity index (χ2v) is 5.27. The molecule has 17 heavy (non-hydrogen) atoms. The summed E-state index contributed by atoms with van der Waals surface area (Å²) in [6.07, 6.45) is 5.64. The van der Waals surface area contributed by atoms with Crippen molar-refractivity contribution in [1.82, 2.24) is 5.32 Å². The zero-order chi connectivity index (χ0) is 11.5. The molecular weight excluding hydrogens is 210 g/mol. The van der Waals surface area contributed by atoms with Gasteiger partial charge in [0.1, 0.15) is 0 Å². The molecule has 1 aromatic carbocycles. The molecule has 1 saturated carbocycles. The summed E-state index contributed by atoms with van der Waals surface area (Å²) < 4.78 is 5.68. The number of ether oxygens (including phenoxy) is 1. The van der Waals surface area contributed by atoms with E-state index < -0.39 is 0 Å². The topological polar surface area (TPSA) is 21.3 Å². The maximum absolute atomic E-state index is 5.68. The fourth-order valence-corrected chi connectivity index (χ4v) is 2.71. The molecule has 3 rings (SSSR count). The van der Waals surface area contributed by atoms with Crippen molar-refractivity contribution in [1.29, 1.82) is 0 Å². The average Bonchev–Trinajstić information content (AvgIpc) is 3.07. The lowest BCUT2D eigenvalue weighted by atomic mass is 10.0. The van der Waals surface area contributed by atoms with Gasteiger partial charge in [-0.2, -0.15) is 0 Å². The van der Waals surface area contributed by atoms with Crippen LogP contribution in [-0.2, 0) is 4.74 Å². The maximum Gasteiger partial charge on any atom is 0.0700 e. The molecule has 0 amide bonds. The lowest BCUT2D eigenvalue weighted by Crippen LogP contribution is -2.31. The molecule has 1 heterocycles. The van der Waals surface area contributed by atoms with Crippen molar-refractivity contribution in [3.8, 4) is 0 Å². The molecule has 2 fully saturated rings. The van der Waals surface area contributed by atoms with Gasteiger partial charge in [-0.1, -0.05) is 30.3 Å². The summed E-state index contributed by atoms with van der Waals surface area (Å²) in [5.74, 6) is 0.846. The van der Waals surface area contributed by atoms with E-state index in [0.29, 0.717) is 12.1 Å². The first kappa shape index (κ1) is 11.2. The Balaban J connectivity index is 1.60. The zero-order valence-electron chi connectivity index (χ0n) is 10.3. The van der Waals surface area contributed by atoms with Gasteiger partial charge in [-0.15, -0.1) is 0 Å². The predicted molar refractivity (Wildman–Crippen MR) is 68.9 cm³/mol. The summed E-state index contributed by atoms with van der Waals surface area (Å²) in [7, 11) is 0. The molecule has 1 aliphatic heterocycles. The molecular formula is C15H21NO. The van der Waals surface area contributed by atoms with E-state index in [2.05, 4.69) is 35.6 Å². The van der Waals surface area contributed by atoms with Crippen LogP contribution < -0.4 is 5.32 Å². The van der Waals surface area contributed by atoms with Gasteiger partial charge in [0.05, 0.1) is 6.10 Å². The van der Waals surface area contributed by atoms with Crippen LogP contribution in [0.15, 0.2) is 30.3 Å². The van der Waals surface area contributed by atoms with E-state index >= 15 is 0 Å². The van der Waals surface area contributed by atoms with Crippen LogP contribution in [0.2, 0.25) is 0 Å². The molecule has 2 nitrogen and oxygen atoms in total. The minimum absolute atomic E-state index is 0.444. The number of nitrogens with one attached hydrogen (secondary N) is 1. The molecule has 1 aliphatic carbocycles. The highest BCUT2D eigenvalue weighted by Gasteiger charge is 2.32. The van der Waals surface area contributed by atoms with Crippen LogP contribution in [0, 0.1) is 5.92 Å². The van der Waals surface area contributed by atoms with E-state index in [1.807, 2.05) is 0 Å². The van der Waals surface area contributed by atoms with Gasteiger partial charge in [0.2, 0.25) is 0 Å². The van der Waals surface area contributed by atoms with Crippen molar-refractivity contribution in [2.45, 2.75) is 37.8 Å². The smallest absolute Gasteiger partial charge is 0.0700 e. The highest BCUT2D eigenvalue weighted by molar-refractivity contribution is 5.21. The molecule has 1 aromatic rings. The molecule has 2 aliphatic rings. The first-order valence-corrected chi connectivity index (χ1v) is 6.83. The number of benzene rings is 1. The van der Waals surface area contributed by atoms with Crippen molar-refractivity contribution < 1.29 is 4.74 Å². The fourth-order valence-electron chi connectivity index (χ4n) is 2.71. The van der Waals surface area contributed by atoms with E-state index in [4.69, 9.17) is 4.74 Å². The predicted octanol–water partition coefficient (Wildman–Crippen LogP) is 2.91. The Labute approximate surface area is 103 Å². The summed E-state index contributed by atoms with van der Waals surface area (Å²) >= 11 is 0. The van der Waals surface area contributed by atoms with E-state index in [9.17, 15) is 0 Å². The lowest BCUT2D eigenvalue weighted by Gasteiger charge is -2.21. The van der Waals surface area contributed by atoms with Crippen LogP contribution in [0.1, 0.15) is 37.3 Å². The minimum Gasteiger partial charge on any atom is -0.377 e. The maximum atomic E-state index is 5.68. The Bertz CT molecular complexity index is 341. The Morgan fingerprint density at radius 3 is 2.65 bits per heavy atom. The third kappa shape index (κ3) is 2.88. The Hall–Kier alpha value is -0.860. The highest BCUT2D eigenvalue weighted by Crippen LogP contribution is 2.40. The van der Waals surface area contributed by atoms with Crippen molar-refractivity contribution in [3.63, 3.8) is 0 Å². The molecule has 2 heteroatoms. The normalized spacial score (nSPS) is 26.0. The van der Waals surface area contributed by atoms with Gasteiger partial charge in [-0.05, 0) is 37.2 Å². The van der Waals surface area contributed by atoms with Crippen molar-refractivity contribution in [2.24, 2.45) is 5.92 Å². The van der Waals surface area contributed by atoms with Crippen molar-refractivity contribution in [3.05, 3.63) is 35.9 Å². The second kappa shape index (κ2) is 5.19. The van der Waals surface area contributed by atoms with Crippen LogP contribution in [-0.4, -0.2) is 19.3 Å². The quantitative estimate of drug-likeness (QED) is 0.841. The first-order valence-electron chi connectivity index (χ1n) is 6.83. The van der Waals surface area contributed by atoms with Gasteiger partial charge in [-0.3, -0.25) is 0 Å². The van der Waals surface area contributed by atoms with Gasteiger partial charge in [0.25, 0.3) is 0 Å². The lowest BCUT2D eigenvalue weighted by molar-refractivity contribution is 0.106. The van der Waals surface area contributed by atoms with Crippen LogP contribution in [0.4, 0.5) is 0 Å². The van der Waals surface area contributed by atoms with E-state index in [1.54, 1.807) is 0 Å². The molecule has 1 saturated heterocycles. The second-order valence-electron chi connectivity index (χ2n) is 5.27. The number of rotatable bonds is 5. The zero-order valence-corrected chi connectivity index (χ0v) is 10.3. The van der Waals surface area contributed by atoms with Crippen molar-refractivity contribution >= 4 is 0 Å². The van der Waals surface area contributed by atoms with E-state index in [1.165, 1.54) is 31.2 Å². The number of hydrogen-bond donors (Lipinski definition) is 1. The molecule has 0 spiro atoms. The van der Waals surface area contributed by atoms with E-state index in [-0.39, 0.29) is 0 Å². The van der Waals surface area contributed by atoms with Gasteiger partial charge in [0, 0.05) is 19.2 Å². The van der Waals surface area contributed by atoms with Gasteiger partial charge in [0.15, 0.2) is 0 Å².